The quantitative estimate of drug-likeness (QED) is 0.271. The van der Waals surface area contributed by atoms with Gasteiger partial charge in [-0.15, -0.1) is 0 Å². The molecule has 11 nitrogen and oxygen atoms in total. The minimum absolute atomic E-state index is 0.0776. The molecule has 0 radical (unpaired) electrons. The molecule has 11 heteroatoms. The average molecular weight is 560 g/mol. The first-order chi connectivity index (χ1) is 18.8. The molecule has 0 saturated carbocycles. The molecule has 1 fully saturated rings. The van der Waals surface area contributed by atoms with Gasteiger partial charge in [-0.1, -0.05) is 44.2 Å². The summed E-state index contributed by atoms with van der Waals surface area (Å²) < 4.78 is 28.5. The van der Waals surface area contributed by atoms with E-state index in [-0.39, 0.29) is 48.9 Å². The number of Topliss-reactive ketones (excluding diaryl/α,β-unsaturated/α-hetero) is 1. The third-order valence-corrected chi connectivity index (χ3v) is 6.48. The zero-order chi connectivity index (χ0) is 29.6. The van der Waals surface area contributed by atoms with Crippen LogP contribution in [0.3, 0.4) is 0 Å². The van der Waals surface area contributed by atoms with Gasteiger partial charge in [0.15, 0.2) is 24.3 Å². The minimum Gasteiger partial charge on any atom is -0.511 e. The van der Waals surface area contributed by atoms with Gasteiger partial charge in [0.05, 0.1) is 12.2 Å². The van der Waals surface area contributed by atoms with Crippen molar-refractivity contribution in [1.29, 1.82) is 0 Å². The van der Waals surface area contributed by atoms with Crippen LogP contribution >= 0.6 is 0 Å². The monoisotopic (exact) mass is 559 g/mol. The van der Waals surface area contributed by atoms with Gasteiger partial charge < -0.3 is 28.8 Å². The molecule has 1 aromatic carbocycles. The topological polar surface area (TPSA) is 147 Å². The molecule has 1 aliphatic heterocycles. The molecular formula is C29H37NO10. The second-order valence-corrected chi connectivity index (χ2v) is 10.8. The van der Waals surface area contributed by atoms with E-state index in [0.29, 0.717) is 0 Å². The van der Waals surface area contributed by atoms with E-state index in [4.69, 9.17) is 23.7 Å². The van der Waals surface area contributed by atoms with Crippen LogP contribution in [0.2, 0.25) is 0 Å². The third-order valence-electron chi connectivity index (χ3n) is 6.48. The molecule has 1 heterocycles. The van der Waals surface area contributed by atoms with Crippen LogP contribution in [-0.4, -0.2) is 71.8 Å². The highest BCUT2D eigenvalue weighted by Crippen LogP contribution is 2.37. The van der Waals surface area contributed by atoms with Crippen LogP contribution in [-0.2, 0) is 49.5 Å². The van der Waals surface area contributed by atoms with Crippen molar-refractivity contribution < 1.29 is 48.0 Å². The van der Waals surface area contributed by atoms with Crippen LogP contribution in [0.5, 0.6) is 0 Å². The molecule has 0 bridgehead atoms. The number of aliphatic imine (C=N–C) groups is 1. The predicted molar refractivity (Wildman–Crippen MR) is 142 cm³/mol. The molecule has 1 aromatic rings. The number of allylic oxidation sites excluding steroid dienone is 2. The lowest BCUT2D eigenvalue weighted by Crippen LogP contribution is -2.61. The van der Waals surface area contributed by atoms with Crippen molar-refractivity contribution in [2.24, 2.45) is 10.4 Å². The van der Waals surface area contributed by atoms with E-state index in [9.17, 15) is 24.3 Å². The molecule has 0 spiro atoms. The number of aliphatic hydroxyl groups excluding tert-OH is 1. The molecule has 0 unspecified atom stereocenters. The molecule has 218 valence electrons. The number of hydrogen-bond donors (Lipinski definition) is 1. The minimum atomic E-state index is -1.23. The second-order valence-electron chi connectivity index (χ2n) is 10.8. The Bertz CT molecular complexity index is 1170. The number of ketones is 1. The Morgan fingerprint density at radius 2 is 1.60 bits per heavy atom. The summed E-state index contributed by atoms with van der Waals surface area (Å²) in [6, 6.07) is 8.11. The van der Waals surface area contributed by atoms with Crippen molar-refractivity contribution >= 4 is 29.4 Å². The van der Waals surface area contributed by atoms with E-state index in [2.05, 4.69) is 4.99 Å². The molecule has 40 heavy (non-hydrogen) atoms. The summed E-state index contributed by atoms with van der Waals surface area (Å²) in [5.74, 6) is -2.33. The van der Waals surface area contributed by atoms with Gasteiger partial charge >= 0.3 is 17.9 Å². The third kappa shape index (κ3) is 8.22. The lowest BCUT2D eigenvalue weighted by molar-refractivity contribution is -0.276. The van der Waals surface area contributed by atoms with E-state index in [1.54, 1.807) is 6.92 Å². The molecular weight excluding hydrogens is 522 g/mol. The highest BCUT2D eigenvalue weighted by atomic mass is 16.7. The van der Waals surface area contributed by atoms with Crippen molar-refractivity contribution in [2.45, 2.75) is 91.6 Å². The molecule has 0 aromatic heterocycles. The highest BCUT2D eigenvalue weighted by molar-refractivity contribution is 6.22. The summed E-state index contributed by atoms with van der Waals surface area (Å²) in [5, 5.41) is 10.8. The number of ether oxygens (including phenoxy) is 5. The molecule has 1 saturated heterocycles. The van der Waals surface area contributed by atoms with Gasteiger partial charge in [-0.3, -0.25) is 24.2 Å². The van der Waals surface area contributed by atoms with E-state index < -0.39 is 54.0 Å². The fraction of sp³-hybridized carbons (Fsp3) is 0.552. The van der Waals surface area contributed by atoms with E-state index in [0.717, 1.165) is 5.56 Å². The van der Waals surface area contributed by atoms with Crippen molar-refractivity contribution in [3.05, 3.63) is 47.2 Å². The number of aliphatic hydroxyl groups is 1. The van der Waals surface area contributed by atoms with Crippen molar-refractivity contribution in [2.75, 3.05) is 6.61 Å². The molecule has 0 amide bonds. The zero-order valence-corrected chi connectivity index (χ0v) is 23.7. The van der Waals surface area contributed by atoms with Gasteiger partial charge in [0.25, 0.3) is 0 Å². The summed E-state index contributed by atoms with van der Waals surface area (Å²) in [5.41, 5.74) is 0.675. The van der Waals surface area contributed by atoms with Crippen LogP contribution in [0.25, 0.3) is 0 Å². The maximum atomic E-state index is 13.0. The first-order valence-electron chi connectivity index (χ1n) is 13.1. The number of esters is 3. The van der Waals surface area contributed by atoms with Crippen LogP contribution in [0.15, 0.2) is 46.7 Å². The van der Waals surface area contributed by atoms with E-state index in [1.165, 1.54) is 20.8 Å². The van der Waals surface area contributed by atoms with Gasteiger partial charge in [0.2, 0.25) is 0 Å². The Morgan fingerprint density at radius 3 is 2.17 bits per heavy atom. The maximum absolute atomic E-state index is 13.0. The van der Waals surface area contributed by atoms with Gasteiger partial charge in [0, 0.05) is 39.3 Å². The van der Waals surface area contributed by atoms with Gasteiger partial charge in [0.1, 0.15) is 24.5 Å². The first kappa shape index (κ1) is 31.0. The average Bonchev–Trinajstić information content (AvgIpc) is 2.83. The number of carbonyl (C=O) groups excluding carboxylic acids is 4. The number of hydrogen-bond acceptors (Lipinski definition) is 11. The Balaban J connectivity index is 2.07. The summed E-state index contributed by atoms with van der Waals surface area (Å²) in [6.45, 7) is 8.69. The number of carbonyl (C=O) groups is 4. The fourth-order valence-electron chi connectivity index (χ4n) is 4.90. The van der Waals surface area contributed by atoms with E-state index in [1.807, 2.05) is 44.2 Å². The molecule has 1 N–H and O–H groups in total. The van der Waals surface area contributed by atoms with Crippen molar-refractivity contribution in [1.82, 2.24) is 0 Å². The molecule has 5 atom stereocenters. The largest absolute Gasteiger partial charge is 0.511 e. The van der Waals surface area contributed by atoms with Crippen molar-refractivity contribution in [3.8, 4) is 0 Å². The van der Waals surface area contributed by atoms with Crippen LogP contribution < -0.4 is 0 Å². The molecule has 3 rings (SSSR count). The summed E-state index contributed by atoms with van der Waals surface area (Å²) in [4.78, 5) is 53.5. The summed E-state index contributed by atoms with van der Waals surface area (Å²) in [6.07, 6.45) is -4.20. The van der Waals surface area contributed by atoms with Crippen molar-refractivity contribution in [3.63, 3.8) is 0 Å². The van der Waals surface area contributed by atoms with Gasteiger partial charge in [-0.2, -0.15) is 0 Å². The molecule has 1 aliphatic carbocycles. The highest BCUT2D eigenvalue weighted by Gasteiger charge is 2.51. The van der Waals surface area contributed by atoms with Crippen LogP contribution in [0.1, 0.15) is 59.9 Å². The second kappa shape index (κ2) is 13.2. The maximum Gasteiger partial charge on any atom is 0.303 e. The van der Waals surface area contributed by atoms with Crippen LogP contribution in [0.4, 0.5) is 0 Å². The SMILES string of the molecule is CC(=O)OC[C@H]1O[C@H](OCc2ccccc2)[C@H](N=C(C)C2=C(O)CC(C)(C)CC2=O)[C@@H](OC(C)=O)[C@@H]1OC(C)=O. The number of benzene rings is 1. The summed E-state index contributed by atoms with van der Waals surface area (Å²) in [7, 11) is 0. The lowest BCUT2D eigenvalue weighted by atomic mass is 9.75. The van der Waals surface area contributed by atoms with E-state index >= 15 is 0 Å². The number of rotatable bonds is 9. The van der Waals surface area contributed by atoms with Crippen LogP contribution in [0, 0.1) is 5.41 Å². The standard InChI is InChI=1S/C29H37NO10/c1-16(24-21(34)12-29(5,6)13-22(24)35)30-25-27(39-19(4)33)26(38-18(3)32)23(15-36-17(2)31)40-28(25)37-14-20-10-8-7-9-11-20/h7-11,23,25-28,34H,12-15H2,1-6H3/t23-,25-,26-,27-,28+/m1/s1. The lowest BCUT2D eigenvalue weighted by Gasteiger charge is -2.43. The normalized spacial score (nSPS) is 26.7. The zero-order valence-electron chi connectivity index (χ0n) is 23.7. The number of nitrogens with zero attached hydrogens (tertiary/aromatic N) is 1. The van der Waals surface area contributed by atoms with Gasteiger partial charge in [-0.05, 0) is 17.9 Å². The summed E-state index contributed by atoms with van der Waals surface area (Å²) >= 11 is 0. The predicted octanol–water partition coefficient (Wildman–Crippen LogP) is 3.39. The Labute approximate surface area is 233 Å². The first-order valence-corrected chi connectivity index (χ1v) is 13.1. The Hall–Kier alpha value is -3.57. The molecule has 2 aliphatic rings. The van der Waals surface area contributed by atoms with Gasteiger partial charge in [-0.25, -0.2) is 0 Å². The Morgan fingerprint density at radius 1 is 0.975 bits per heavy atom. The smallest absolute Gasteiger partial charge is 0.303 e. The Kier molecular flexibility index (Phi) is 10.2. The fourth-order valence-corrected chi connectivity index (χ4v) is 4.90.